The van der Waals surface area contributed by atoms with Gasteiger partial charge in [-0.15, -0.1) is 0 Å². The maximum atomic E-state index is 8.34. The van der Waals surface area contributed by atoms with Gasteiger partial charge in [0.1, 0.15) is 5.82 Å². The van der Waals surface area contributed by atoms with Crippen LogP contribution in [0.1, 0.15) is 24.3 Å². The minimum absolute atomic E-state index is 0.131. The molecule has 0 saturated heterocycles. The number of aromatic nitrogens is 2. The van der Waals surface area contributed by atoms with Gasteiger partial charge >= 0.3 is 0 Å². The Hall–Kier alpha value is -3.15. The summed E-state index contributed by atoms with van der Waals surface area (Å²) in [5.41, 5.74) is 5.07. The molecule has 32 heavy (non-hydrogen) atoms. The van der Waals surface area contributed by atoms with Gasteiger partial charge in [-0.1, -0.05) is 48.0 Å². The first kappa shape index (κ1) is 20.7. The molecule has 1 heterocycles. The van der Waals surface area contributed by atoms with E-state index in [4.69, 9.17) is 34.0 Å². The molecule has 1 aromatic heterocycles. The minimum Gasteiger partial charge on any atom is -0.329 e. The van der Waals surface area contributed by atoms with Crippen molar-refractivity contribution in [3.05, 3.63) is 82.9 Å². The summed E-state index contributed by atoms with van der Waals surface area (Å²) in [5, 5.41) is 17.1. The molecule has 7 heteroatoms. The molecule has 160 valence electrons. The second kappa shape index (κ2) is 8.08. The van der Waals surface area contributed by atoms with Crippen molar-refractivity contribution in [2.45, 2.75) is 18.8 Å². The zero-order chi connectivity index (χ0) is 22.4. The monoisotopic (exact) mass is 461 g/mol. The predicted molar refractivity (Wildman–Crippen MR) is 131 cm³/mol. The van der Waals surface area contributed by atoms with Crippen LogP contribution >= 0.6 is 23.2 Å². The van der Waals surface area contributed by atoms with Crippen LogP contribution in [0.15, 0.2) is 66.7 Å². The van der Waals surface area contributed by atoms with E-state index in [9.17, 15) is 0 Å². The van der Waals surface area contributed by atoms with Crippen molar-refractivity contribution in [3.8, 4) is 11.1 Å². The zero-order valence-corrected chi connectivity index (χ0v) is 19.0. The second-order valence-corrected chi connectivity index (χ2v) is 8.85. The third kappa shape index (κ3) is 3.78. The number of hydrogen-bond acceptors (Lipinski definition) is 4. The normalized spacial score (nSPS) is 13.3. The van der Waals surface area contributed by atoms with Gasteiger partial charge in [0.2, 0.25) is 10.9 Å². The Bertz CT molecular complexity index is 1400. The van der Waals surface area contributed by atoms with E-state index in [0.29, 0.717) is 16.4 Å². The fourth-order valence-electron chi connectivity index (χ4n) is 4.04. The third-order valence-corrected chi connectivity index (χ3v) is 6.31. The van der Waals surface area contributed by atoms with Crippen molar-refractivity contribution in [1.82, 2.24) is 9.55 Å². The van der Waals surface area contributed by atoms with E-state index in [0.717, 1.165) is 28.1 Å². The van der Waals surface area contributed by atoms with Gasteiger partial charge in [0.15, 0.2) is 0 Å². The highest BCUT2D eigenvalue weighted by atomic mass is 35.5. The molecule has 0 aliphatic heterocycles. The Morgan fingerprint density at radius 2 is 1.78 bits per heavy atom. The Kier molecular flexibility index (Phi) is 5.24. The lowest BCUT2D eigenvalue weighted by Gasteiger charge is -2.22. The first-order chi connectivity index (χ1) is 15.4. The lowest BCUT2D eigenvalue weighted by Crippen LogP contribution is -2.29. The molecule has 1 fully saturated rings. The summed E-state index contributed by atoms with van der Waals surface area (Å²) >= 11 is 12.1. The summed E-state index contributed by atoms with van der Waals surface area (Å²) in [6.07, 6.45) is 2.59. The van der Waals surface area contributed by atoms with Crippen molar-refractivity contribution >= 4 is 50.9 Å². The van der Waals surface area contributed by atoms with Gasteiger partial charge in [-0.25, -0.2) is 0 Å². The number of hydrogen-bond donors (Lipinski definition) is 2. The van der Waals surface area contributed by atoms with Gasteiger partial charge < -0.3 is 4.90 Å². The average Bonchev–Trinajstić information content (AvgIpc) is 3.63. The average molecular weight is 462 g/mol. The maximum Gasteiger partial charge on any atom is 0.230 e. The van der Waals surface area contributed by atoms with Gasteiger partial charge in [0.05, 0.1) is 5.52 Å². The highest BCUT2D eigenvalue weighted by Gasteiger charge is 2.23. The molecule has 0 radical (unpaired) electrons. The Labute approximate surface area is 195 Å². The molecular weight excluding hydrogens is 441 g/mol. The van der Waals surface area contributed by atoms with Crippen molar-refractivity contribution in [2.75, 3.05) is 11.9 Å². The molecule has 3 aromatic carbocycles. The topological polar surface area (TPSA) is 68.8 Å². The van der Waals surface area contributed by atoms with E-state index in [1.54, 1.807) is 12.1 Å². The molecule has 0 unspecified atom stereocenters. The minimum atomic E-state index is -0.305. The number of nitrogens with one attached hydrogen (secondary N) is 2. The van der Waals surface area contributed by atoms with Crippen LogP contribution in [-0.2, 0) is 0 Å². The first-order valence-electron chi connectivity index (χ1n) is 10.4. The van der Waals surface area contributed by atoms with Crippen molar-refractivity contribution < 1.29 is 0 Å². The highest BCUT2D eigenvalue weighted by Crippen LogP contribution is 2.40. The fraction of sp³-hybridized carbons (Fsp3) is 0.160. The van der Waals surface area contributed by atoms with Crippen LogP contribution in [-0.4, -0.2) is 21.9 Å². The van der Waals surface area contributed by atoms with Gasteiger partial charge in [-0.05, 0) is 77.4 Å². The SMILES string of the molecule is CN(c1cccc(-c2ccc(C3CC3)cc2)c1)c1nc(=N)n(C(=N)Cl)c2cc(Cl)ccc12. The number of fused-ring (bicyclic) bond motifs is 1. The number of nitrogens with zero attached hydrogens (tertiary/aromatic N) is 3. The molecule has 1 saturated carbocycles. The Morgan fingerprint density at radius 1 is 1.03 bits per heavy atom. The van der Waals surface area contributed by atoms with Crippen LogP contribution in [0, 0.1) is 10.8 Å². The van der Waals surface area contributed by atoms with Crippen LogP contribution in [0.5, 0.6) is 0 Å². The summed E-state index contributed by atoms with van der Waals surface area (Å²) in [5.74, 6) is 1.33. The van der Waals surface area contributed by atoms with E-state index >= 15 is 0 Å². The number of rotatable bonds is 4. The van der Waals surface area contributed by atoms with Crippen LogP contribution < -0.4 is 10.5 Å². The quantitative estimate of drug-likeness (QED) is 0.268. The molecule has 1 aliphatic rings. The van der Waals surface area contributed by atoms with Crippen molar-refractivity contribution in [2.24, 2.45) is 0 Å². The molecule has 5 nitrogen and oxygen atoms in total. The maximum absolute atomic E-state index is 8.34. The Morgan fingerprint density at radius 3 is 2.47 bits per heavy atom. The van der Waals surface area contributed by atoms with Gasteiger partial charge in [-0.2, -0.15) is 4.98 Å². The fourth-order valence-corrected chi connectivity index (χ4v) is 4.38. The summed E-state index contributed by atoms with van der Waals surface area (Å²) < 4.78 is 1.26. The number of benzene rings is 3. The van der Waals surface area contributed by atoms with E-state index in [2.05, 4.69) is 41.4 Å². The lowest BCUT2D eigenvalue weighted by atomic mass is 10.0. The van der Waals surface area contributed by atoms with Crippen LogP contribution in [0.4, 0.5) is 11.5 Å². The van der Waals surface area contributed by atoms with Gasteiger partial charge in [0, 0.05) is 23.1 Å². The van der Waals surface area contributed by atoms with Crippen molar-refractivity contribution in [1.29, 1.82) is 10.8 Å². The molecule has 0 spiro atoms. The van der Waals surface area contributed by atoms with E-state index in [1.165, 1.54) is 23.0 Å². The summed E-state index contributed by atoms with van der Waals surface area (Å²) in [4.78, 5) is 6.40. The molecule has 2 N–H and O–H groups in total. The lowest BCUT2D eigenvalue weighted by molar-refractivity contribution is 0.910. The number of anilines is 2. The molecule has 0 amide bonds. The third-order valence-electron chi connectivity index (χ3n) is 5.91. The molecule has 4 aromatic rings. The van der Waals surface area contributed by atoms with Crippen LogP contribution in [0.3, 0.4) is 0 Å². The van der Waals surface area contributed by atoms with Gasteiger partial charge in [-0.3, -0.25) is 15.4 Å². The zero-order valence-electron chi connectivity index (χ0n) is 17.4. The van der Waals surface area contributed by atoms with Crippen molar-refractivity contribution in [3.63, 3.8) is 0 Å². The smallest absolute Gasteiger partial charge is 0.230 e. The molecular formula is C25H21Cl2N5. The highest BCUT2D eigenvalue weighted by molar-refractivity contribution is 6.64. The molecule has 5 rings (SSSR count). The molecule has 0 atom stereocenters. The predicted octanol–water partition coefficient (Wildman–Crippen LogP) is 6.50. The van der Waals surface area contributed by atoms with E-state index < -0.39 is 0 Å². The van der Waals surface area contributed by atoms with Crippen LogP contribution in [0.2, 0.25) is 5.02 Å². The summed E-state index contributed by atoms with van der Waals surface area (Å²) in [6.45, 7) is 0. The van der Waals surface area contributed by atoms with Gasteiger partial charge in [0.25, 0.3) is 0 Å². The number of halogens is 2. The van der Waals surface area contributed by atoms with E-state index in [1.807, 2.05) is 30.1 Å². The standard InChI is InChI=1S/C25H21Cl2N5/c1-31(23-21-12-11-19(26)14-22(21)32(24(27)28)25(29)30-23)20-4-2-3-18(13-20)17-9-7-16(8-10-17)15-5-6-15/h2-4,7-15,28-29H,5-6H2,1H3. The summed E-state index contributed by atoms with van der Waals surface area (Å²) in [7, 11) is 1.92. The first-order valence-corrected chi connectivity index (χ1v) is 11.1. The van der Waals surface area contributed by atoms with Crippen LogP contribution in [0.25, 0.3) is 22.0 Å². The summed E-state index contributed by atoms with van der Waals surface area (Å²) in [6, 6.07) is 22.4. The molecule has 0 bridgehead atoms. The largest absolute Gasteiger partial charge is 0.329 e. The Balaban J connectivity index is 1.58. The second-order valence-electron chi connectivity index (χ2n) is 8.05. The molecule has 1 aliphatic carbocycles. The van der Waals surface area contributed by atoms with E-state index in [-0.39, 0.29) is 10.9 Å².